The molecule has 2 heterocycles. The van der Waals surface area contributed by atoms with Gasteiger partial charge in [0.1, 0.15) is 17.6 Å². The van der Waals surface area contributed by atoms with E-state index in [1.165, 1.54) is 5.56 Å². The first kappa shape index (κ1) is 24.0. The zero-order valence-electron chi connectivity index (χ0n) is 21.9. The number of hydrogen-bond acceptors (Lipinski definition) is 4. The number of carbonyl (C=O) groups is 2. The molecule has 3 aromatic rings. The second-order valence-corrected chi connectivity index (χ2v) is 11.4. The van der Waals surface area contributed by atoms with Crippen molar-refractivity contribution < 1.29 is 14.5 Å². The molecule has 2 N–H and O–H groups in total. The molecule has 6 rings (SSSR count). The van der Waals surface area contributed by atoms with Gasteiger partial charge in [0.2, 0.25) is 5.91 Å². The lowest BCUT2D eigenvalue weighted by Gasteiger charge is -2.35. The van der Waals surface area contributed by atoms with Gasteiger partial charge in [0.15, 0.2) is 0 Å². The SMILES string of the molecule is CC(=O)[NH+]1C[C@H](C(=O)Nc2ccc(C)cc2C)[C@@H](c2nnc(C3CC(c4ccccc4)C3)n2C2CC2)C1. The van der Waals surface area contributed by atoms with Crippen molar-refractivity contribution in [1.82, 2.24) is 14.8 Å². The number of aromatic nitrogens is 3. The summed E-state index contributed by atoms with van der Waals surface area (Å²) in [5.41, 5.74) is 4.43. The molecular formula is C30H36N5O2+. The maximum atomic E-state index is 13.6. The first-order valence-electron chi connectivity index (χ1n) is 13.6. The minimum absolute atomic E-state index is 0.0344. The molecule has 2 saturated carbocycles. The van der Waals surface area contributed by atoms with Crippen LogP contribution in [0, 0.1) is 19.8 Å². The van der Waals surface area contributed by atoms with Crippen LogP contribution >= 0.6 is 0 Å². The molecule has 7 nitrogen and oxygen atoms in total. The zero-order valence-corrected chi connectivity index (χ0v) is 21.9. The maximum Gasteiger partial charge on any atom is 0.309 e. The van der Waals surface area contributed by atoms with Crippen LogP contribution in [0.3, 0.4) is 0 Å². The van der Waals surface area contributed by atoms with Crippen molar-refractivity contribution in [2.75, 3.05) is 18.4 Å². The van der Waals surface area contributed by atoms with Gasteiger partial charge in [0, 0.05) is 17.6 Å². The molecular weight excluding hydrogens is 462 g/mol. The molecule has 3 fully saturated rings. The number of aryl methyl sites for hydroxylation is 2. The molecule has 1 aliphatic heterocycles. The van der Waals surface area contributed by atoms with Crippen LogP contribution in [0.1, 0.15) is 84.7 Å². The number of rotatable bonds is 6. The van der Waals surface area contributed by atoms with Crippen LogP contribution in [0.2, 0.25) is 0 Å². The standard InChI is InChI=1S/C30H35N5O2/c1-18-9-12-27(19(2)13-18)31-30(37)26-17-34(20(3)36)16-25(26)29-33-32-28(35(29)24-10-11-24)23-14-22(15-23)21-7-5-4-6-8-21/h4-9,12-13,22-26H,10-11,14-17H2,1-3H3,(H,31,37)/p+1/t22?,23?,25-,26-/m0/s1. The molecule has 37 heavy (non-hydrogen) atoms. The highest BCUT2D eigenvalue weighted by molar-refractivity contribution is 5.94. The molecule has 3 aliphatic rings. The first-order valence-corrected chi connectivity index (χ1v) is 13.6. The molecule has 0 bridgehead atoms. The molecule has 0 spiro atoms. The van der Waals surface area contributed by atoms with Crippen molar-refractivity contribution in [2.45, 2.75) is 70.3 Å². The highest BCUT2D eigenvalue weighted by Crippen LogP contribution is 2.50. The topological polar surface area (TPSA) is 81.3 Å². The number of anilines is 1. The van der Waals surface area contributed by atoms with Crippen molar-refractivity contribution >= 4 is 17.5 Å². The van der Waals surface area contributed by atoms with Crippen LogP contribution in [0.25, 0.3) is 0 Å². The summed E-state index contributed by atoms with van der Waals surface area (Å²) in [7, 11) is 0. The monoisotopic (exact) mass is 498 g/mol. The molecule has 2 aromatic carbocycles. The van der Waals surface area contributed by atoms with Crippen LogP contribution in [0.5, 0.6) is 0 Å². The van der Waals surface area contributed by atoms with E-state index in [0.717, 1.165) is 59.0 Å². The van der Waals surface area contributed by atoms with Crippen LogP contribution in [-0.2, 0) is 9.59 Å². The molecule has 2 aliphatic carbocycles. The summed E-state index contributed by atoms with van der Waals surface area (Å²) in [5, 5.41) is 12.6. The molecule has 0 radical (unpaired) electrons. The largest absolute Gasteiger partial charge is 0.325 e. The number of quaternary nitrogens is 1. The van der Waals surface area contributed by atoms with Gasteiger partial charge in [0.25, 0.3) is 0 Å². The number of nitrogens with one attached hydrogen (secondary N) is 2. The molecule has 7 heteroatoms. The number of nitrogens with zero attached hydrogens (tertiary/aromatic N) is 3. The summed E-state index contributed by atoms with van der Waals surface area (Å²) < 4.78 is 2.36. The summed E-state index contributed by atoms with van der Waals surface area (Å²) in [6, 6.07) is 17.2. The Morgan fingerprint density at radius 3 is 2.35 bits per heavy atom. The van der Waals surface area contributed by atoms with E-state index in [-0.39, 0.29) is 23.7 Å². The summed E-state index contributed by atoms with van der Waals surface area (Å²) in [6.45, 7) is 6.75. The van der Waals surface area contributed by atoms with Gasteiger partial charge in [0.05, 0.1) is 25.9 Å². The number of likely N-dealkylation sites (tertiary alicyclic amines) is 1. The van der Waals surface area contributed by atoms with Gasteiger partial charge in [-0.25, -0.2) is 4.79 Å². The molecule has 2 amide bonds. The van der Waals surface area contributed by atoms with Gasteiger partial charge in [-0.1, -0.05) is 48.0 Å². The predicted molar refractivity (Wildman–Crippen MR) is 142 cm³/mol. The highest BCUT2D eigenvalue weighted by atomic mass is 16.2. The lowest BCUT2D eigenvalue weighted by Crippen LogP contribution is -3.12. The summed E-state index contributed by atoms with van der Waals surface area (Å²) in [4.78, 5) is 26.9. The van der Waals surface area contributed by atoms with E-state index >= 15 is 0 Å². The normalized spacial score (nSPS) is 27.1. The van der Waals surface area contributed by atoms with Crippen LogP contribution in [0.4, 0.5) is 5.69 Å². The van der Waals surface area contributed by atoms with Crippen molar-refractivity contribution in [3.8, 4) is 0 Å². The average molecular weight is 499 g/mol. The van der Waals surface area contributed by atoms with E-state index < -0.39 is 0 Å². The van der Waals surface area contributed by atoms with Crippen LogP contribution in [0.15, 0.2) is 48.5 Å². The Kier molecular flexibility index (Phi) is 6.19. The van der Waals surface area contributed by atoms with Gasteiger partial charge in [-0.2, -0.15) is 0 Å². The van der Waals surface area contributed by atoms with E-state index in [1.807, 2.05) is 26.0 Å². The van der Waals surface area contributed by atoms with Gasteiger partial charge < -0.3 is 9.88 Å². The Morgan fingerprint density at radius 1 is 0.946 bits per heavy atom. The molecule has 192 valence electrons. The average Bonchev–Trinajstić information content (AvgIpc) is 3.43. The van der Waals surface area contributed by atoms with Crippen molar-refractivity contribution in [1.29, 1.82) is 0 Å². The molecule has 1 aromatic heterocycles. The fraction of sp³-hybridized carbons (Fsp3) is 0.467. The summed E-state index contributed by atoms with van der Waals surface area (Å²) in [5.74, 6) is 2.53. The molecule has 3 atom stereocenters. The van der Waals surface area contributed by atoms with E-state index in [1.54, 1.807) is 6.92 Å². The third-order valence-electron chi connectivity index (χ3n) is 8.66. The Balaban J connectivity index is 1.26. The van der Waals surface area contributed by atoms with E-state index in [9.17, 15) is 9.59 Å². The van der Waals surface area contributed by atoms with Gasteiger partial charge in [-0.05, 0) is 62.6 Å². The third kappa shape index (κ3) is 4.61. The van der Waals surface area contributed by atoms with E-state index in [2.05, 4.69) is 46.3 Å². The van der Waals surface area contributed by atoms with Crippen molar-refractivity contribution in [3.05, 3.63) is 76.9 Å². The lowest BCUT2D eigenvalue weighted by atomic mass is 9.71. The van der Waals surface area contributed by atoms with Crippen molar-refractivity contribution in [2.24, 2.45) is 5.92 Å². The number of benzene rings is 2. The van der Waals surface area contributed by atoms with Gasteiger partial charge >= 0.3 is 5.91 Å². The quantitative estimate of drug-likeness (QED) is 0.543. The minimum atomic E-state index is -0.326. The summed E-state index contributed by atoms with van der Waals surface area (Å²) in [6.07, 6.45) is 4.42. The van der Waals surface area contributed by atoms with Gasteiger partial charge in [-0.15, -0.1) is 10.2 Å². The fourth-order valence-electron chi connectivity index (χ4n) is 6.29. The van der Waals surface area contributed by atoms with Crippen LogP contribution < -0.4 is 10.2 Å². The van der Waals surface area contributed by atoms with Crippen molar-refractivity contribution in [3.63, 3.8) is 0 Å². The zero-order chi connectivity index (χ0) is 25.7. The Bertz CT molecular complexity index is 1320. The number of carbonyl (C=O) groups excluding carboxylic acids is 2. The first-order chi connectivity index (χ1) is 17.9. The predicted octanol–water partition coefficient (Wildman–Crippen LogP) is 3.67. The Labute approximate surface area is 218 Å². The lowest BCUT2D eigenvalue weighted by molar-refractivity contribution is -0.807. The highest BCUT2D eigenvalue weighted by Gasteiger charge is 2.48. The minimum Gasteiger partial charge on any atom is -0.325 e. The van der Waals surface area contributed by atoms with E-state index in [0.29, 0.717) is 31.0 Å². The summed E-state index contributed by atoms with van der Waals surface area (Å²) >= 11 is 0. The third-order valence-corrected chi connectivity index (χ3v) is 8.66. The number of amides is 2. The van der Waals surface area contributed by atoms with E-state index in [4.69, 9.17) is 10.2 Å². The maximum absolute atomic E-state index is 13.6. The second-order valence-electron chi connectivity index (χ2n) is 11.4. The Morgan fingerprint density at radius 2 is 1.68 bits per heavy atom. The smallest absolute Gasteiger partial charge is 0.309 e. The number of hydrogen-bond donors (Lipinski definition) is 2. The molecule has 1 unspecified atom stereocenters. The molecule has 1 saturated heterocycles. The van der Waals surface area contributed by atoms with Gasteiger partial charge in [-0.3, -0.25) is 9.69 Å². The second kappa shape index (κ2) is 9.53. The van der Waals surface area contributed by atoms with Crippen LogP contribution in [-0.4, -0.2) is 39.7 Å². The Hall–Kier alpha value is -3.32. The fourth-order valence-corrected chi connectivity index (χ4v) is 6.29.